The highest BCUT2D eigenvalue weighted by Crippen LogP contribution is 2.20. The van der Waals surface area contributed by atoms with Gasteiger partial charge in [-0.1, -0.05) is 0 Å². The predicted molar refractivity (Wildman–Crippen MR) is 71.0 cm³/mol. The van der Waals surface area contributed by atoms with Crippen LogP contribution in [0.2, 0.25) is 0 Å². The van der Waals surface area contributed by atoms with Crippen molar-refractivity contribution in [1.82, 2.24) is 4.90 Å². The molecule has 0 unspecified atom stereocenters. The number of carbonyl (C=O) groups excluding carboxylic acids is 1. The van der Waals surface area contributed by atoms with Gasteiger partial charge in [-0.15, -0.1) is 0 Å². The zero-order chi connectivity index (χ0) is 15.2. The molecule has 1 aromatic rings. The molecule has 7 nitrogen and oxygen atoms in total. The molecule has 1 aliphatic heterocycles. The smallest absolute Gasteiger partial charge is 0.341 e. The lowest BCUT2D eigenvalue weighted by Crippen LogP contribution is -2.40. The Morgan fingerprint density at radius 2 is 2.10 bits per heavy atom. The maximum atomic E-state index is 12.3. The zero-order valence-electron chi connectivity index (χ0n) is 11.2. The molecule has 0 aromatic heterocycles. The molecule has 0 atom stereocenters. The minimum absolute atomic E-state index is 0.135. The van der Waals surface area contributed by atoms with Gasteiger partial charge in [-0.25, -0.2) is 4.79 Å². The Morgan fingerprint density at radius 3 is 2.71 bits per heavy atom. The molecule has 0 radical (unpaired) electrons. The van der Waals surface area contributed by atoms with Gasteiger partial charge >= 0.3 is 5.97 Å². The van der Waals surface area contributed by atoms with Crippen molar-refractivity contribution in [1.29, 1.82) is 5.26 Å². The highest BCUT2D eigenvalue weighted by atomic mass is 16.5. The number of benzene rings is 1. The number of ether oxygens (including phenoxy) is 2. The lowest BCUT2D eigenvalue weighted by Gasteiger charge is -2.27. The van der Waals surface area contributed by atoms with Gasteiger partial charge < -0.3 is 19.5 Å². The van der Waals surface area contributed by atoms with E-state index >= 15 is 0 Å². The van der Waals surface area contributed by atoms with Crippen molar-refractivity contribution in [3.8, 4) is 11.8 Å². The molecule has 1 aromatic carbocycles. The fourth-order valence-electron chi connectivity index (χ4n) is 1.96. The van der Waals surface area contributed by atoms with E-state index in [0.29, 0.717) is 31.9 Å². The minimum atomic E-state index is -1.13. The Kier molecular flexibility index (Phi) is 4.74. The molecule has 1 fully saturated rings. The van der Waals surface area contributed by atoms with Gasteiger partial charge in [-0.05, 0) is 18.2 Å². The fourth-order valence-corrected chi connectivity index (χ4v) is 1.96. The van der Waals surface area contributed by atoms with Crippen LogP contribution in [0.4, 0.5) is 0 Å². The molecule has 0 spiro atoms. The topological polar surface area (TPSA) is 99.9 Å². The summed E-state index contributed by atoms with van der Waals surface area (Å²) in [5.41, 5.74) is 0.506. The zero-order valence-corrected chi connectivity index (χ0v) is 11.2. The number of nitriles is 1. The number of aliphatic carboxylic acids is 1. The Hall–Kier alpha value is -2.59. The summed E-state index contributed by atoms with van der Waals surface area (Å²) in [4.78, 5) is 24.4. The molecule has 2 rings (SSSR count). The van der Waals surface area contributed by atoms with E-state index in [9.17, 15) is 9.59 Å². The van der Waals surface area contributed by atoms with Crippen LogP contribution in [0.15, 0.2) is 18.2 Å². The van der Waals surface area contributed by atoms with Gasteiger partial charge in [-0.3, -0.25) is 4.79 Å². The van der Waals surface area contributed by atoms with Crippen molar-refractivity contribution < 1.29 is 24.2 Å². The molecule has 7 heteroatoms. The normalized spacial score (nSPS) is 14.3. The van der Waals surface area contributed by atoms with Crippen LogP contribution in [0.5, 0.6) is 5.75 Å². The van der Waals surface area contributed by atoms with E-state index < -0.39 is 12.6 Å². The minimum Gasteiger partial charge on any atom is -0.481 e. The van der Waals surface area contributed by atoms with E-state index in [1.165, 1.54) is 18.2 Å². The van der Waals surface area contributed by atoms with Gasteiger partial charge in [-0.2, -0.15) is 5.26 Å². The summed E-state index contributed by atoms with van der Waals surface area (Å²) in [6.45, 7) is 1.48. The molecule has 1 heterocycles. The molecule has 0 aliphatic carbocycles. The van der Waals surface area contributed by atoms with Crippen molar-refractivity contribution in [3.05, 3.63) is 29.3 Å². The first kappa shape index (κ1) is 14.8. The van der Waals surface area contributed by atoms with Gasteiger partial charge in [0.1, 0.15) is 11.8 Å². The number of rotatable bonds is 4. The molecule has 0 bridgehead atoms. The van der Waals surface area contributed by atoms with Crippen molar-refractivity contribution in [2.75, 3.05) is 32.9 Å². The van der Waals surface area contributed by atoms with Crippen LogP contribution in [-0.4, -0.2) is 54.8 Å². The number of carboxylic acids is 1. The molecule has 0 saturated carbocycles. The van der Waals surface area contributed by atoms with Gasteiger partial charge in [0.15, 0.2) is 6.61 Å². The van der Waals surface area contributed by atoms with Gasteiger partial charge in [0, 0.05) is 18.7 Å². The largest absolute Gasteiger partial charge is 0.481 e. The lowest BCUT2D eigenvalue weighted by atomic mass is 10.1. The quantitative estimate of drug-likeness (QED) is 0.866. The lowest BCUT2D eigenvalue weighted by molar-refractivity contribution is -0.139. The van der Waals surface area contributed by atoms with Crippen LogP contribution in [0.3, 0.4) is 0 Å². The number of nitrogens with zero attached hydrogens (tertiary/aromatic N) is 2. The Morgan fingerprint density at radius 1 is 1.38 bits per heavy atom. The van der Waals surface area contributed by atoms with Gasteiger partial charge in [0.2, 0.25) is 0 Å². The van der Waals surface area contributed by atoms with Crippen LogP contribution >= 0.6 is 0 Å². The summed E-state index contributed by atoms with van der Waals surface area (Å²) in [6, 6.07) is 6.28. The Balaban J connectivity index is 2.16. The summed E-state index contributed by atoms with van der Waals surface area (Å²) >= 11 is 0. The molecule has 1 amide bonds. The van der Waals surface area contributed by atoms with Crippen LogP contribution in [0.1, 0.15) is 15.9 Å². The first-order chi connectivity index (χ1) is 10.1. The number of hydrogen-bond donors (Lipinski definition) is 1. The van der Waals surface area contributed by atoms with E-state index in [0.717, 1.165) is 0 Å². The number of morpholine rings is 1. The number of hydrogen-bond acceptors (Lipinski definition) is 5. The second-order valence-electron chi connectivity index (χ2n) is 4.41. The van der Waals surface area contributed by atoms with Gasteiger partial charge in [0.05, 0.1) is 18.8 Å². The van der Waals surface area contributed by atoms with Crippen molar-refractivity contribution >= 4 is 11.9 Å². The van der Waals surface area contributed by atoms with Crippen molar-refractivity contribution in [2.45, 2.75) is 0 Å². The second-order valence-corrected chi connectivity index (χ2v) is 4.41. The van der Waals surface area contributed by atoms with E-state index in [4.69, 9.17) is 19.8 Å². The molecular formula is C14H14N2O5. The van der Waals surface area contributed by atoms with Crippen molar-refractivity contribution in [3.63, 3.8) is 0 Å². The number of amides is 1. The third-order valence-corrected chi connectivity index (χ3v) is 3.00. The van der Waals surface area contributed by atoms with Crippen LogP contribution < -0.4 is 4.74 Å². The average molecular weight is 290 g/mol. The van der Waals surface area contributed by atoms with Gasteiger partial charge in [0.25, 0.3) is 5.91 Å². The molecule has 1 N–H and O–H groups in total. The molecule has 1 saturated heterocycles. The van der Waals surface area contributed by atoms with E-state index in [-0.39, 0.29) is 17.2 Å². The maximum absolute atomic E-state index is 12.3. The standard InChI is InChI=1S/C14H14N2O5/c15-8-11-7-10(1-2-12(11)21-9-13(17)18)14(19)16-3-5-20-6-4-16/h1-2,7H,3-6,9H2,(H,17,18). The van der Waals surface area contributed by atoms with E-state index in [1.807, 2.05) is 6.07 Å². The molecule has 21 heavy (non-hydrogen) atoms. The third-order valence-electron chi connectivity index (χ3n) is 3.00. The van der Waals surface area contributed by atoms with Crippen LogP contribution in [0.25, 0.3) is 0 Å². The highest BCUT2D eigenvalue weighted by molar-refractivity contribution is 5.95. The first-order valence-corrected chi connectivity index (χ1v) is 6.37. The first-order valence-electron chi connectivity index (χ1n) is 6.37. The predicted octanol–water partition coefficient (Wildman–Crippen LogP) is 0.494. The maximum Gasteiger partial charge on any atom is 0.341 e. The van der Waals surface area contributed by atoms with Crippen molar-refractivity contribution in [2.24, 2.45) is 0 Å². The summed E-state index contributed by atoms with van der Waals surface area (Å²) in [7, 11) is 0. The molecule has 110 valence electrons. The Labute approximate surface area is 121 Å². The highest BCUT2D eigenvalue weighted by Gasteiger charge is 2.19. The summed E-state index contributed by atoms with van der Waals surface area (Å²) in [5, 5.41) is 17.6. The van der Waals surface area contributed by atoms with E-state index in [1.54, 1.807) is 4.90 Å². The third kappa shape index (κ3) is 3.70. The summed E-state index contributed by atoms with van der Waals surface area (Å²) in [5.74, 6) is -1.16. The molecule has 1 aliphatic rings. The summed E-state index contributed by atoms with van der Waals surface area (Å²) < 4.78 is 10.2. The number of carbonyl (C=O) groups is 2. The average Bonchev–Trinajstić information content (AvgIpc) is 2.52. The van der Waals surface area contributed by atoms with E-state index in [2.05, 4.69) is 0 Å². The fraction of sp³-hybridized carbons (Fsp3) is 0.357. The number of carboxylic acid groups (broad SMARTS) is 1. The SMILES string of the molecule is N#Cc1cc(C(=O)N2CCOCC2)ccc1OCC(=O)O. The van der Waals surface area contributed by atoms with Crippen LogP contribution in [0, 0.1) is 11.3 Å². The monoisotopic (exact) mass is 290 g/mol. The Bertz CT molecular complexity index is 588. The second kappa shape index (κ2) is 6.72. The summed E-state index contributed by atoms with van der Waals surface area (Å²) in [6.07, 6.45) is 0. The van der Waals surface area contributed by atoms with Crippen LogP contribution in [-0.2, 0) is 9.53 Å². The molecular weight excluding hydrogens is 276 g/mol.